The average Bonchev–Trinajstić information content (AvgIpc) is 2.57. The average molecular weight is 285 g/mol. The first-order chi connectivity index (χ1) is 13.2. The van der Waals surface area contributed by atoms with Gasteiger partial charge in [0.25, 0.3) is 0 Å². The van der Waals surface area contributed by atoms with E-state index in [1.807, 2.05) is 18.7 Å². The van der Waals surface area contributed by atoms with E-state index in [2.05, 4.69) is 5.32 Å². The third-order valence-electron chi connectivity index (χ3n) is 3.17. The molecule has 20 heavy (non-hydrogen) atoms. The maximum absolute atomic E-state index is 13.0. The van der Waals surface area contributed by atoms with Crippen LogP contribution < -0.4 is 5.32 Å². The molecule has 1 amide bonds. The molecule has 0 spiro atoms. The number of hydrogen-bond acceptors (Lipinski definition) is 2. The standard InChI is InChI=1S/C17H28N2O/c1-6-12-19(8-3)15(7-2)17(20)18-16-13(4)10-9-11-14(16)5/h9-11,15H,6-8,12H2,1-5H3,(H,18,20)/i4D3,5D3,9D,10D,11D. The van der Waals surface area contributed by atoms with Gasteiger partial charge in [0.2, 0.25) is 5.91 Å². The number of likely N-dealkylation sites (N-methyl/N-ethyl adjacent to an activating group) is 1. The van der Waals surface area contributed by atoms with Gasteiger partial charge in [-0.3, -0.25) is 9.69 Å². The number of nitrogens with zero attached hydrogens (tertiary/aromatic N) is 1. The molecule has 0 fully saturated rings. The second-order valence-corrected chi connectivity index (χ2v) is 4.54. The lowest BCUT2D eigenvalue weighted by atomic mass is 10.1. The predicted octanol–water partition coefficient (Wildman–Crippen LogP) is 3.75. The van der Waals surface area contributed by atoms with E-state index in [0.717, 1.165) is 6.42 Å². The summed E-state index contributed by atoms with van der Waals surface area (Å²) >= 11 is 0. The molecule has 0 aliphatic rings. The summed E-state index contributed by atoms with van der Waals surface area (Å²) in [5, 5.41) is 2.40. The van der Waals surface area contributed by atoms with E-state index in [1.54, 1.807) is 6.92 Å². The SMILES string of the molecule is [2H]c1c([2H])c(C([2H])([2H])[2H])c(NC(=O)C(CC)N(CC)CCC)c(C([2H])([2H])[2H])c1[2H]. The van der Waals surface area contributed by atoms with E-state index in [0.29, 0.717) is 19.5 Å². The summed E-state index contributed by atoms with van der Waals surface area (Å²) in [6.45, 7) is 0.926. The zero-order chi connectivity index (χ0) is 22.7. The lowest BCUT2D eigenvalue weighted by Gasteiger charge is -2.29. The molecule has 112 valence electrons. The Balaban J connectivity index is 3.70. The van der Waals surface area contributed by atoms with Crippen molar-refractivity contribution < 1.29 is 17.1 Å². The Morgan fingerprint density at radius 1 is 1.35 bits per heavy atom. The van der Waals surface area contributed by atoms with Crippen LogP contribution in [0.15, 0.2) is 18.1 Å². The third-order valence-corrected chi connectivity index (χ3v) is 3.17. The van der Waals surface area contributed by atoms with Crippen molar-refractivity contribution in [2.75, 3.05) is 18.4 Å². The Hall–Kier alpha value is -1.35. The number of para-hydroxylation sites is 1. The molecule has 0 bridgehead atoms. The highest BCUT2D eigenvalue weighted by Crippen LogP contribution is 2.20. The highest BCUT2D eigenvalue weighted by molar-refractivity contribution is 5.96. The number of rotatable bonds is 7. The first kappa shape index (κ1) is 7.60. The van der Waals surface area contributed by atoms with Crippen molar-refractivity contribution in [3.05, 3.63) is 29.3 Å². The second kappa shape index (κ2) is 8.05. The van der Waals surface area contributed by atoms with Crippen LogP contribution in [0.4, 0.5) is 5.69 Å². The van der Waals surface area contributed by atoms with Gasteiger partial charge in [-0.15, -0.1) is 0 Å². The quantitative estimate of drug-likeness (QED) is 0.827. The number of anilines is 1. The van der Waals surface area contributed by atoms with Gasteiger partial charge in [-0.25, -0.2) is 0 Å². The van der Waals surface area contributed by atoms with Crippen LogP contribution in [-0.2, 0) is 4.79 Å². The predicted molar refractivity (Wildman–Crippen MR) is 86.2 cm³/mol. The summed E-state index contributed by atoms with van der Waals surface area (Å²) in [6.07, 6.45) is 1.20. The van der Waals surface area contributed by atoms with Crippen LogP contribution in [0.3, 0.4) is 0 Å². The van der Waals surface area contributed by atoms with E-state index in [1.165, 1.54) is 0 Å². The van der Waals surface area contributed by atoms with Crippen molar-refractivity contribution in [2.45, 2.75) is 53.4 Å². The largest absolute Gasteiger partial charge is 0.324 e. The maximum atomic E-state index is 13.0. The van der Waals surface area contributed by atoms with Crippen LogP contribution >= 0.6 is 0 Å². The molecule has 1 aromatic rings. The zero-order valence-corrected chi connectivity index (χ0v) is 12.3. The Morgan fingerprint density at radius 3 is 2.45 bits per heavy atom. The van der Waals surface area contributed by atoms with Gasteiger partial charge >= 0.3 is 0 Å². The van der Waals surface area contributed by atoms with E-state index < -0.39 is 60.6 Å². The van der Waals surface area contributed by atoms with Crippen molar-refractivity contribution in [3.8, 4) is 0 Å². The number of carbonyl (C=O) groups is 1. The fourth-order valence-corrected chi connectivity index (χ4v) is 2.17. The summed E-state index contributed by atoms with van der Waals surface area (Å²) < 4.78 is 70.2. The van der Waals surface area contributed by atoms with Crippen molar-refractivity contribution in [1.29, 1.82) is 0 Å². The van der Waals surface area contributed by atoms with Crippen molar-refractivity contribution in [2.24, 2.45) is 0 Å². The molecule has 0 heterocycles. The number of benzene rings is 1. The molecule has 0 radical (unpaired) electrons. The summed E-state index contributed by atoms with van der Waals surface area (Å²) in [6, 6.07) is -3.00. The summed E-state index contributed by atoms with van der Waals surface area (Å²) in [5.74, 6) is -0.602. The summed E-state index contributed by atoms with van der Waals surface area (Å²) in [4.78, 5) is 14.9. The Bertz CT molecular complexity index is 703. The molecule has 3 nitrogen and oxygen atoms in total. The normalized spacial score (nSPS) is 20.3. The lowest BCUT2D eigenvalue weighted by Crippen LogP contribution is -2.44. The van der Waals surface area contributed by atoms with Gasteiger partial charge in [0, 0.05) is 13.9 Å². The topological polar surface area (TPSA) is 32.3 Å². The second-order valence-electron chi connectivity index (χ2n) is 4.54. The van der Waals surface area contributed by atoms with Gasteiger partial charge in [0.1, 0.15) is 0 Å². The van der Waals surface area contributed by atoms with Crippen LogP contribution in [0.5, 0.6) is 0 Å². The molecular formula is C17H28N2O. The van der Waals surface area contributed by atoms with Crippen molar-refractivity contribution in [3.63, 3.8) is 0 Å². The molecule has 1 atom stereocenters. The number of hydrogen-bond donors (Lipinski definition) is 1. The third kappa shape index (κ3) is 4.07. The van der Waals surface area contributed by atoms with Gasteiger partial charge in [-0.2, -0.15) is 0 Å². The lowest BCUT2D eigenvalue weighted by molar-refractivity contribution is -0.121. The molecule has 1 N–H and O–H groups in total. The van der Waals surface area contributed by atoms with E-state index in [9.17, 15) is 4.79 Å². The van der Waals surface area contributed by atoms with Crippen LogP contribution in [-0.4, -0.2) is 29.9 Å². The van der Waals surface area contributed by atoms with Crippen LogP contribution in [0, 0.1) is 13.7 Å². The Labute approximate surface area is 136 Å². The van der Waals surface area contributed by atoms with Gasteiger partial charge in [0.15, 0.2) is 0 Å². The molecule has 0 aliphatic heterocycles. The highest BCUT2D eigenvalue weighted by atomic mass is 16.2. The fraction of sp³-hybridized carbons (Fsp3) is 0.588. The molecule has 1 aromatic carbocycles. The summed E-state index contributed by atoms with van der Waals surface area (Å²) in [5.41, 5.74) is -2.04. The molecule has 0 aliphatic carbocycles. The molecule has 0 saturated heterocycles. The fourth-order valence-electron chi connectivity index (χ4n) is 2.17. The first-order valence-corrected chi connectivity index (χ1v) is 6.91. The minimum atomic E-state index is -2.95. The van der Waals surface area contributed by atoms with Crippen LogP contribution in [0.1, 0.15) is 57.1 Å². The van der Waals surface area contributed by atoms with Gasteiger partial charge in [0.05, 0.1) is 10.2 Å². The smallest absolute Gasteiger partial charge is 0.241 e. The molecular weight excluding hydrogens is 248 g/mol. The van der Waals surface area contributed by atoms with Gasteiger partial charge in [-0.05, 0) is 50.8 Å². The molecule has 1 unspecified atom stereocenters. The number of amides is 1. The number of nitrogens with one attached hydrogen (secondary N) is 1. The zero-order valence-electron chi connectivity index (χ0n) is 21.3. The van der Waals surface area contributed by atoms with E-state index in [4.69, 9.17) is 12.3 Å². The van der Waals surface area contributed by atoms with Crippen LogP contribution in [0.25, 0.3) is 0 Å². The van der Waals surface area contributed by atoms with Crippen molar-refractivity contribution >= 4 is 11.6 Å². The Morgan fingerprint density at radius 2 is 2.00 bits per heavy atom. The van der Waals surface area contributed by atoms with E-state index in [-0.39, 0.29) is 0 Å². The minimum Gasteiger partial charge on any atom is -0.324 e. The summed E-state index contributed by atoms with van der Waals surface area (Å²) in [7, 11) is 0. The maximum Gasteiger partial charge on any atom is 0.241 e. The van der Waals surface area contributed by atoms with E-state index >= 15 is 0 Å². The Kier molecular flexibility index (Phi) is 3.06. The molecule has 0 aromatic heterocycles. The van der Waals surface area contributed by atoms with Gasteiger partial charge < -0.3 is 5.32 Å². The molecule has 3 heteroatoms. The van der Waals surface area contributed by atoms with Gasteiger partial charge in [-0.1, -0.05) is 38.9 Å². The van der Waals surface area contributed by atoms with Crippen LogP contribution in [0.2, 0.25) is 0 Å². The molecule has 1 rings (SSSR count). The highest BCUT2D eigenvalue weighted by Gasteiger charge is 2.23. The first-order valence-electron chi connectivity index (χ1n) is 11.4. The number of carbonyl (C=O) groups excluding carboxylic acids is 1. The monoisotopic (exact) mass is 285 g/mol. The molecule has 0 saturated carbocycles. The van der Waals surface area contributed by atoms with Crippen molar-refractivity contribution in [1.82, 2.24) is 4.90 Å². The minimum absolute atomic E-state index is 0.407.